The second-order valence-electron chi connectivity index (χ2n) is 3.74. The van der Waals surface area contributed by atoms with Crippen molar-refractivity contribution in [1.29, 1.82) is 0 Å². The quantitative estimate of drug-likeness (QED) is 0.483. The molecule has 1 heterocycles. The van der Waals surface area contributed by atoms with Gasteiger partial charge in [0.25, 0.3) is 0 Å². The zero-order valence-electron chi connectivity index (χ0n) is 9.48. The number of hydrogen-bond acceptors (Lipinski definition) is 2. The molecule has 84 valence electrons. The standard InChI is InChI=1S/C14H16S2/c1-2-3-4-7-10-15-14-11-12-8-5-6-9-13(12)16-14/h5-11H,2-4H2,1H3/b10-7+. The van der Waals surface area contributed by atoms with Crippen LogP contribution in [0.2, 0.25) is 0 Å². The topological polar surface area (TPSA) is 0 Å². The van der Waals surface area contributed by atoms with Gasteiger partial charge < -0.3 is 0 Å². The molecule has 1 aromatic heterocycles. The lowest BCUT2D eigenvalue weighted by atomic mass is 10.2. The molecule has 0 spiro atoms. The Hall–Kier alpha value is -0.730. The molecule has 0 N–H and O–H groups in total. The van der Waals surface area contributed by atoms with E-state index in [-0.39, 0.29) is 0 Å². The highest BCUT2D eigenvalue weighted by Crippen LogP contribution is 2.33. The van der Waals surface area contributed by atoms with E-state index in [0.29, 0.717) is 0 Å². The molecule has 0 aliphatic rings. The highest BCUT2D eigenvalue weighted by atomic mass is 32.2. The summed E-state index contributed by atoms with van der Waals surface area (Å²) in [7, 11) is 0. The fraction of sp³-hybridized carbons (Fsp3) is 0.286. The van der Waals surface area contributed by atoms with E-state index in [4.69, 9.17) is 0 Å². The van der Waals surface area contributed by atoms with Gasteiger partial charge in [0.05, 0.1) is 4.21 Å². The molecule has 0 saturated carbocycles. The predicted molar refractivity (Wildman–Crippen MR) is 76.3 cm³/mol. The molecule has 0 nitrogen and oxygen atoms in total. The Balaban J connectivity index is 1.96. The van der Waals surface area contributed by atoms with Crippen LogP contribution in [0.1, 0.15) is 26.2 Å². The minimum atomic E-state index is 1.20. The molecule has 16 heavy (non-hydrogen) atoms. The molecule has 0 amide bonds. The van der Waals surface area contributed by atoms with Crippen LogP contribution in [0.3, 0.4) is 0 Å². The van der Waals surface area contributed by atoms with Crippen LogP contribution in [-0.2, 0) is 0 Å². The fourth-order valence-electron chi connectivity index (χ4n) is 1.52. The van der Waals surface area contributed by atoms with Gasteiger partial charge in [0.2, 0.25) is 0 Å². The van der Waals surface area contributed by atoms with Gasteiger partial charge in [-0.2, -0.15) is 0 Å². The summed E-state index contributed by atoms with van der Waals surface area (Å²) in [5, 5.41) is 3.58. The first-order chi connectivity index (χ1) is 7.90. The normalized spacial score (nSPS) is 11.6. The van der Waals surface area contributed by atoms with Gasteiger partial charge in [0, 0.05) is 4.70 Å². The average molecular weight is 248 g/mol. The third-order valence-electron chi connectivity index (χ3n) is 2.41. The van der Waals surface area contributed by atoms with Crippen LogP contribution in [0, 0.1) is 0 Å². The van der Waals surface area contributed by atoms with Crippen LogP contribution in [0.5, 0.6) is 0 Å². The third-order valence-corrected chi connectivity index (χ3v) is 4.54. The van der Waals surface area contributed by atoms with Gasteiger partial charge in [0.15, 0.2) is 0 Å². The van der Waals surface area contributed by atoms with Gasteiger partial charge in [-0.1, -0.05) is 55.8 Å². The van der Waals surface area contributed by atoms with Crippen LogP contribution in [0.25, 0.3) is 10.1 Å². The summed E-state index contributed by atoms with van der Waals surface area (Å²) in [6.07, 6.45) is 6.05. The zero-order valence-corrected chi connectivity index (χ0v) is 11.1. The van der Waals surface area contributed by atoms with Gasteiger partial charge in [0.1, 0.15) is 0 Å². The molecular weight excluding hydrogens is 232 g/mol. The van der Waals surface area contributed by atoms with E-state index in [1.807, 2.05) is 23.1 Å². The summed E-state index contributed by atoms with van der Waals surface area (Å²) in [6.45, 7) is 2.23. The van der Waals surface area contributed by atoms with Gasteiger partial charge in [-0.05, 0) is 29.3 Å². The van der Waals surface area contributed by atoms with Crippen molar-refractivity contribution in [2.45, 2.75) is 30.4 Å². The van der Waals surface area contributed by atoms with Crippen LogP contribution >= 0.6 is 23.1 Å². The van der Waals surface area contributed by atoms with Gasteiger partial charge in [-0.25, -0.2) is 0 Å². The van der Waals surface area contributed by atoms with Crippen molar-refractivity contribution < 1.29 is 0 Å². The van der Waals surface area contributed by atoms with Gasteiger partial charge in [-0.3, -0.25) is 0 Å². The number of unbranched alkanes of at least 4 members (excludes halogenated alkanes) is 2. The molecule has 1 aromatic carbocycles. The van der Waals surface area contributed by atoms with E-state index >= 15 is 0 Å². The van der Waals surface area contributed by atoms with Crippen molar-refractivity contribution in [2.75, 3.05) is 0 Å². The summed E-state index contributed by atoms with van der Waals surface area (Å²) >= 11 is 3.71. The molecule has 2 heteroatoms. The van der Waals surface area contributed by atoms with Crippen molar-refractivity contribution in [1.82, 2.24) is 0 Å². The molecule has 0 aliphatic heterocycles. The number of hydrogen-bond donors (Lipinski definition) is 0. The average Bonchev–Trinajstić information content (AvgIpc) is 2.71. The Morgan fingerprint density at radius 3 is 3.00 bits per heavy atom. The van der Waals surface area contributed by atoms with E-state index in [9.17, 15) is 0 Å². The molecule has 0 aliphatic carbocycles. The maximum atomic E-state index is 2.28. The summed E-state index contributed by atoms with van der Waals surface area (Å²) in [5.41, 5.74) is 0. The van der Waals surface area contributed by atoms with Crippen molar-refractivity contribution >= 4 is 33.2 Å². The Bertz CT molecular complexity index is 435. The maximum Gasteiger partial charge on any atom is 0.0652 e. The third kappa shape index (κ3) is 3.13. The summed E-state index contributed by atoms with van der Waals surface area (Å²) in [4.78, 5) is 0. The number of fused-ring (bicyclic) bond motifs is 1. The molecule has 0 unspecified atom stereocenters. The molecule has 0 fully saturated rings. The van der Waals surface area contributed by atoms with E-state index in [1.54, 1.807) is 0 Å². The number of thioether (sulfide) groups is 1. The molecule has 2 aromatic rings. The minimum absolute atomic E-state index is 1.20. The van der Waals surface area contributed by atoms with E-state index in [0.717, 1.165) is 0 Å². The highest BCUT2D eigenvalue weighted by Gasteiger charge is 1.98. The second-order valence-corrected chi connectivity index (χ2v) is 6.03. The molecule has 0 bridgehead atoms. The fourth-order valence-corrected chi connectivity index (χ4v) is 3.50. The lowest BCUT2D eigenvalue weighted by Gasteiger charge is -1.89. The monoisotopic (exact) mass is 248 g/mol. The lowest BCUT2D eigenvalue weighted by molar-refractivity contribution is 0.815. The predicted octanol–water partition coefficient (Wildman–Crippen LogP) is 5.70. The zero-order chi connectivity index (χ0) is 11.2. The first kappa shape index (κ1) is 11.7. The summed E-state index contributed by atoms with van der Waals surface area (Å²) < 4.78 is 2.76. The van der Waals surface area contributed by atoms with Gasteiger partial charge >= 0.3 is 0 Å². The minimum Gasteiger partial charge on any atom is -0.128 e. The highest BCUT2D eigenvalue weighted by molar-refractivity contribution is 8.04. The van der Waals surface area contributed by atoms with E-state index in [1.165, 1.54) is 33.6 Å². The van der Waals surface area contributed by atoms with Crippen molar-refractivity contribution in [3.8, 4) is 0 Å². The number of thiophene rings is 1. The number of benzene rings is 1. The SMILES string of the molecule is CCCC/C=C/Sc1cc2ccccc2s1. The number of allylic oxidation sites excluding steroid dienone is 1. The van der Waals surface area contributed by atoms with Crippen molar-refractivity contribution in [3.05, 3.63) is 41.8 Å². The molecule has 0 radical (unpaired) electrons. The molecular formula is C14H16S2. The van der Waals surface area contributed by atoms with Crippen LogP contribution in [0.15, 0.2) is 46.0 Å². The molecule has 0 saturated heterocycles. The summed E-state index contributed by atoms with van der Waals surface area (Å²) in [6, 6.07) is 10.8. The molecule has 2 rings (SSSR count). The Morgan fingerprint density at radius 2 is 2.19 bits per heavy atom. The Morgan fingerprint density at radius 1 is 1.31 bits per heavy atom. The van der Waals surface area contributed by atoms with Crippen molar-refractivity contribution in [2.24, 2.45) is 0 Å². The first-order valence-electron chi connectivity index (χ1n) is 5.70. The first-order valence-corrected chi connectivity index (χ1v) is 7.40. The maximum absolute atomic E-state index is 2.28. The summed E-state index contributed by atoms with van der Waals surface area (Å²) in [5.74, 6) is 0. The Labute approximate surface area is 105 Å². The van der Waals surface area contributed by atoms with Crippen LogP contribution in [0.4, 0.5) is 0 Å². The van der Waals surface area contributed by atoms with Crippen molar-refractivity contribution in [3.63, 3.8) is 0 Å². The van der Waals surface area contributed by atoms with E-state index in [2.05, 4.69) is 48.7 Å². The smallest absolute Gasteiger partial charge is 0.0652 e. The Kier molecular flexibility index (Phi) is 4.49. The molecule has 0 atom stereocenters. The van der Waals surface area contributed by atoms with Gasteiger partial charge in [-0.15, -0.1) is 11.3 Å². The van der Waals surface area contributed by atoms with E-state index < -0.39 is 0 Å². The number of rotatable bonds is 5. The second kappa shape index (κ2) is 6.12. The lowest BCUT2D eigenvalue weighted by Crippen LogP contribution is -1.64. The van der Waals surface area contributed by atoms with Crippen LogP contribution < -0.4 is 0 Å². The van der Waals surface area contributed by atoms with Crippen LogP contribution in [-0.4, -0.2) is 0 Å². The largest absolute Gasteiger partial charge is 0.128 e.